The van der Waals surface area contributed by atoms with Crippen LogP contribution in [0.1, 0.15) is 33.3 Å². The molecule has 3 rings (SSSR count). The molecule has 0 bridgehead atoms. The van der Waals surface area contributed by atoms with Crippen LogP contribution in [0.15, 0.2) is 47.6 Å². The van der Waals surface area contributed by atoms with Crippen molar-refractivity contribution in [2.24, 2.45) is 11.8 Å². The lowest BCUT2D eigenvalue weighted by Gasteiger charge is -2.30. The topological polar surface area (TPSA) is 44.8 Å². The Bertz CT molecular complexity index is 653. The van der Waals surface area contributed by atoms with Gasteiger partial charge < -0.3 is 14.2 Å². The lowest BCUT2D eigenvalue weighted by molar-refractivity contribution is -0.220. The van der Waals surface area contributed by atoms with Gasteiger partial charge in [-0.05, 0) is 17.6 Å². The Hall–Kier alpha value is -2.23. The van der Waals surface area contributed by atoms with E-state index in [1.165, 1.54) is 0 Å². The molecule has 1 aromatic rings. The van der Waals surface area contributed by atoms with Gasteiger partial charge in [0.15, 0.2) is 0 Å². The molecule has 1 atom stereocenters. The van der Waals surface area contributed by atoms with Crippen molar-refractivity contribution in [1.29, 1.82) is 0 Å². The molecule has 2 aliphatic heterocycles. The molecular weight excluding hydrogens is 280 g/mol. The van der Waals surface area contributed by atoms with E-state index in [9.17, 15) is 4.79 Å². The zero-order chi connectivity index (χ0) is 15.9. The Morgan fingerprint density at radius 2 is 1.82 bits per heavy atom. The lowest BCUT2D eigenvalue weighted by atomic mass is 9.87. The summed E-state index contributed by atoms with van der Waals surface area (Å²) in [5.41, 5.74) is 1.51. The minimum Gasteiger partial charge on any atom is -0.430 e. The summed E-state index contributed by atoms with van der Waals surface area (Å²) in [5.74, 6) is -0.317. The van der Waals surface area contributed by atoms with Gasteiger partial charge in [0.2, 0.25) is 0 Å². The molecule has 0 saturated heterocycles. The highest BCUT2D eigenvalue weighted by Gasteiger charge is 2.47. The van der Waals surface area contributed by atoms with Crippen molar-refractivity contribution in [2.45, 2.75) is 33.5 Å². The van der Waals surface area contributed by atoms with Crippen molar-refractivity contribution < 1.29 is 19.0 Å². The normalized spacial score (nSPS) is 24.9. The van der Waals surface area contributed by atoms with Crippen molar-refractivity contribution >= 4 is 12.0 Å². The predicted molar refractivity (Wildman–Crippen MR) is 82.1 cm³/mol. The van der Waals surface area contributed by atoms with E-state index in [4.69, 9.17) is 14.2 Å². The van der Waals surface area contributed by atoms with Crippen LogP contribution in [0.5, 0.6) is 0 Å². The molecule has 0 spiro atoms. The van der Waals surface area contributed by atoms with E-state index in [2.05, 4.69) is 13.8 Å². The molecule has 22 heavy (non-hydrogen) atoms. The van der Waals surface area contributed by atoms with E-state index in [1.54, 1.807) is 13.8 Å². The number of rotatable bonds is 2. The van der Waals surface area contributed by atoms with Crippen molar-refractivity contribution in [3.05, 3.63) is 53.2 Å². The number of cyclic esters (lactones) is 1. The first-order valence-electron chi connectivity index (χ1n) is 7.48. The number of hydrogen-bond donors (Lipinski definition) is 0. The van der Waals surface area contributed by atoms with E-state index in [0.717, 1.165) is 11.3 Å². The fourth-order valence-electron chi connectivity index (χ4n) is 2.80. The Kier molecular flexibility index (Phi) is 3.47. The van der Waals surface area contributed by atoms with Crippen LogP contribution in [0.25, 0.3) is 6.08 Å². The first-order chi connectivity index (χ1) is 10.4. The van der Waals surface area contributed by atoms with E-state index in [-0.39, 0.29) is 23.8 Å². The molecule has 0 amide bonds. The summed E-state index contributed by atoms with van der Waals surface area (Å²) in [6.45, 7) is 7.49. The number of carbonyl (C=O) groups excluding carboxylic acids is 1. The molecule has 0 aliphatic carbocycles. The summed E-state index contributed by atoms with van der Waals surface area (Å²) in [5, 5.41) is 0. The second-order valence-electron chi connectivity index (χ2n) is 6.37. The predicted octanol–water partition coefficient (Wildman–Crippen LogP) is 3.85. The van der Waals surface area contributed by atoms with E-state index in [1.807, 2.05) is 36.4 Å². The molecule has 1 unspecified atom stereocenters. The van der Waals surface area contributed by atoms with Gasteiger partial charge in [-0.2, -0.15) is 0 Å². The molecule has 2 aliphatic rings. The SMILES string of the molecule is CC(C)C1C(=Cc2ccccc2)OC2=C1C(=O)OC(C)(C)O2. The highest BCUT2D eigenvalue weighted by Crippen LogP contribution is 2.45. The van der Waals surface area contributed by atoms with E-state index >= 15 is 0 Å². The monoisotopic (exact) mass is 300 g/mol. The second-order valence-corrected chi connectivity index (χ2v) is 6.37. The van der Waals surface area contributed by atoms with Crippen LogP contribution in [0.4, 0.5) is 0 Å². The van der Waals surface area contributed by atoms with Crippen LogP contribution in [0, 0.1) is 11.8 Å². The Morgan fingerprint density at radius 1 is 1.14 bits per heavy atom. The summed E-state index contributed by atoms with van der Waals surface area (Å²) in [7, 11) is 0. The quantitative estimate of drug-likeness (QED) is 0.778. The zero-order valence-electron chi connectivity index (χ0n) is 13.3. The van der Waals surface area contributed by atoms with Gasteiger partial charge in [0, 0.05) is 13.8 Å². The first kappa shape index (κ1) is 14.7. The largest absolute Gasteiger partial charge is 0.430 e. The summed E-state index contributed by atoms with van der Waals surface area (Å²) in [4.78, 5) is 12.3. The minimum atomic E-state index is -1.00. The van der Waals surface area contributed by atoms with Gasteiger partial charge >= 0.3 is 5.97 Å². The van der Waals surface area contributed by atoms with Gasteiger partial charge in [-0.25, -0.2) is 4.79 Å². The number of ether oxygens (including phenoxy) is 3. The highest BCUT2D eigenvalue weighted by atomic mass is 16.8. The number of esters is 1. The van der Waals surface area contributed by atoms with E-state index in [0.29, 0.717) is 5.57 Å². The fourth-order valence-corrected chi connectivity index (χ4v) is 2.80. The van der Waals surface area contributed by atoms with Gasteiger partial charge in [0.1, 0.15) is 11.3 Å². The molecule has 2 heterocycles. The van der Waals surface area contributed by atoms with Crippen LogP contribution in [0.3, 0.4) is 0 Å². The smallest absolute Gasteiger partial charge is 0.345 e. The Labute approximate surface area is 130 Å². The van der Waals surface area contributed by atoms with Crippen molar-refractivity contribution in [2.75, 3.05) is 0 Å². The molecule has 116 valence electrons. The highest BCUT2D eigenvalue weighted by molar-refractivity contribution is 5.92. The van der Waals surface area contributed by atoms with Gasteiger partial charge in [-0.15, -0.1) is 0 Å². The van der Waals surface area contributed by atoms with Crippen molar-refractivity contribution in [1.82, 2.24) is 0 Å². The summed E-state index contributed by atoms with van der Waals surface area (Å²) < 4.78 is 16.9. The van der Waals surface area contributed by atoms with Crippen LogP contribution < -0.4 is 0 Å². The van der Waals surface area contributed by atoms with Gasteiger partial charge in [0.05, 0.1) is 5.92 Å². The zero-order valence-corrected chi connectivity index (χ0v) is 13.3. The maximum atomic E-state index is 12.3. The van der Waals surface area contributed by atoms with Crippen LogP contribution in [0.2, 0.25) is 0 Å². The minimum absolute atomic E-state index is 0.154. The molecule has 0 N–H and O–H groups in total. The number of benzene rings is 1. The molecular formula is C18H20O4. The molecule has 1 aromatic carbocycles. The molecule has 0 radical (unpaired) electrons. The third-order valence-corrected chi connectivity index (χ3v) is 3.72. The van der Waals surface area contributed by atoms with Crippen LogP contribution in [-0.4, -0.2) is 11.8 Å². The maximum Gasteiger partial charge on any atom is 0.345 e. The summed E-state index contributed by atoms with van der Waals surface area (Å²) in [6, 6.07) is 9.88. The summed E-state index contributed by atoms with van der Waals surface area (Å²) in [6.07, 6.45) is 1.95. The molecule has 0 fully saturated rings. The van der Waals surface area contributed by atoms with Crippen molar-refractivity contribution in [3.63, 3.8) is 0 Å². The average Bonchev–Trinajstić information content (AvgIpc) is 2.76. The number of hydrogen-bond acceptors (Lipinski definition) is 4. The van der Waals surface area contributed by atoms with Crippen molar-refractivity contribution in [3.8, 4) is 0 Å². The molecule has 4 nitrogen and oxygen atoms in total. The van der Waals surface area contributed by atoms with Gasteiger partial charge in [0.25, 0.3) is 11.7 Å². The maximum absolute atomic E-state index is 12.3. The molecule has 0 aromatic heterocycles. The third kappa shape index (κ3) is 2.61. The summed E-state index contributed by atoms with van der Waals surface area (Å²) >= 11 is 0. The van der Waals surface area contributed by atoms with Gasteiger partial charge in [-0.3, -0.25) is 0 Å². The Morgan fingerprint density at radius 3 is 2.45 bits per heavy atom. The standard InChI is InChI=1S/C18H20O4/c1-11(2)14-13(10-12-8-6-5-7-9-12)20-17-15(14)16(19)21-18(3,4)22-17/h5-11,14H,1-4H3. The van der Waals surface area contributed by atoms with Crippen LogP contribution >= 0.6 is 0 Å². The first-order valence-corrected chi connectivity index (χ1v) is 7.48. The molecule has 0 saturated carbocycles. The third-order valence-electron chi connectivity index (χ3n) is 3.72. The molecule has 4 heteroatoms. The lowest BCUT2D eigenvalue weighted by Crippen LogP contribution is -2.37. The second kappa shape index (κ2) is 5.20. The van der Waals surface area contributed by atoms with E-state index < -0.39 is 5.79 Å². The number of allylic oxidation sites excluding steroid dienone is 1. The average molecular weight is 300 g/mol. The van der Waals surface area contributed by atoms with Crippen LogP contribution in [-0.2, 0) is 19.0 Å². The van der Waals surface area contributed by atoms with Gasteiger partial charge in [-0.1, -0.05) is 44.2 Å². The fraction of sp³-hybridized carbons (Fsp3) is 0.389. The number of carbonyl (C=O) groups is 1. The Balaban J connectivity index is 2.00.